The average Bonchev–Trinajstić information content (AvgIpc) is 2.93. The van der Waals surface area contributed by atoms with Crippen LogP contribution in [0.3, 0.4) is 0 Å². The summed E-state index contributed by atoms with van der Waals surface area (Å²) in [4.78, 5) is 8.04. The summed E-state index contributed by atoms with van der Waals surface area (Å²) in [5.41, 5.74) is 5.14. The fourth-order valence-corrected chi connectivity index (χ4v) is 9.44. The molecule has 6 rings (SSSR count). The van der Waals surface area contributed by atoms with E-state index >= 15 is 0 Å². The second-order valence-corrected chi connectivity index (χ2v) is 11.5. The summed E-state index contributed by atoms with van der Waals surface area (Å²) < 4.78 is 0. The van der Waals surface area contributed by atoms with E-state index in [0.717, 1.165) is 6.54 Å². The van der Waals surface area contributed by atoms with Crippen molar-refractivity contribution in [2.24, 2.45) is 0 Å². The van der Waals surface area contributed by atoms with Crippen molar-refractivity contribution in [2.45, 2.75) is 26.5 Å². The maximum Gasteiger partial charge on any atom is 0.0544 e. The summed E-state index contributed by atoms with van der Waals surface area (Å²) in [6.07, 6.45) is 0. The molecule has 0 N–H and O–H groups in total. The van der Waals surface area contributed by atoms with Crippen LogP contribution < -0.4 is 4.90 Å². The lowest BCUT2D eigenvalue weighted by molar-refractivity contribution is 0.967. The number of rotatable bonds is 4. The Morgan fingerprint density at radius 3 is 1.65 bits per heavy atom. The topological polar surface area (TPSA) is 3.24 Å². The molecule has 0 radical (unpaired) electrons. The minimum absolute atomic E-state index is 0.924. The molecule has 5 aromatic rings. The second kappa shape index (κ2) is 8.55. The molecule has 0 saturated heterocycles. The fraction of sp³-hybridized carbons (Fsp3) is 0.0625. The van der Waals surface area contributed by atoms with Crippen LogP contribution in [-0.4, -0.2) is 6.54 Å². The van der Waals surface area contributed by atoms with E-state index in [4.69, 9.17) is 0 Å². The SMILES string of the molecule is CCN1c2ccccc2S(c2ccccc2)(c2ccccc2)c2cc(-c3ccccc3)ccc21. The first kappa shape index (κ1) is 20.8. The number of para-hydroxylation sites is 1. The summed E-state index contributed by atoms with van der Waals surface area (Å²) in [5, 5.41) is 0. The Morgan fingerprint density at radius 1 is 0.500 bits per heavy atom. The minimum atomic E-state index is -1.69. The van der Waals surface area contributed by atoms with E-state index in [2.05, 4.69) is 145 Å². The Bertz CT molecular complexity index is 1390. The highest BCUT2D eigenvalue weighted by atomic mass is 32.3. The van der Waals surface area contributed by atoms with Crippen LogP contribution in [0.1, 0.15) is 6.92 Å². The second-order valence-electron chi connectivity index (χ2n) is 8.50. The molecule has 0 amide bonds. The largest absolute Gasteiger partial charge is 0.340 e. The molecule has 1 heterocycles. The van der Waals surface area contributed by atoms with Crippen LogP contribution in [-0.2, 0) is 0 Å². The molecule has 0 aromatic heterocycles. The lowest BCUT2D eigenvalue weighted by Crippen LogP contribution is -2.25. The van der Waals surface area contributed by atoms with Gasteiger partial charge in [0, 0.05) is 26.1 Å². The molecule has 0 unspecified atom stereocenters. The smallest absolute Gasteiger partial charge is 0.0544 e. The van der Waals surface area contributed by atoms with Crippen molar-refractivity contribution < 1.29 is 0 Å². The summed E-state index contributed by atoms with van der Waals surface area (Å²) in [5.74, 6) is 0. The molecule has 0 atom stereocenters. The maximum atomic E-state index is 2.48. The zero-order valence-corrected chi connectivity index (χ0v) is 20.1. The third kappa shape index (κ3) is 3.10. The Kier molecular flexibility index (Phi) is 5.24. The molecule has 0 fully saturated rings. The van der Waals surface area contributed by atoms with Crippen molar-refractivity contribution in [3.05, 3.63) is 133 Å². The molecule has 0 bridgehead atoms. The van der Waals surface area contributed by atoms with Crippen LogP contribution >= 0.6 is 10.0 Å². The van der Waals surface area contributed by atoms with Gasteiger partial charge >= 0.3 is 0 Å². The van der Waals surface area contributed by atoms with E-state index < -0.39 is 10.0 Å². The molecular weight excluding hydrogens is 430 g/mol. The molecular formula is C32H27NS. The zero-order chi connectivity index (χ0) is 23.0. The van der Waals surface area contributed by atoms with E-state index in [0.29, 0.717) is 0 Å². The normalized spacial score (nSPS) is 14.7. The van der Waals surface area contributed by atoms with Gasteiger partial charge in [-0.05, 0) is 66.6 Å². The van der Waals surface area contributed by atoms with Gasteiger partial charge in [-0.1, -0.05) is 84.9 Å². The lowest BCUT2D eigenvalue weighted by atomic mass is 10.0. The first-order chi connectivity index (χ1) is 16.8. The van der Waals surface area contributed by atoms with Crippen LogP contribution in [0, 0.1) is 0 Å². The van der Waals surface area contributed by atoms with Crippen LogP contribution in [0.25, 0.3) is 11.1 Å². The molecule has 166 valence electrons. The third-order valence-electron chi connectivity index (χ3n) is 6.68. The molecule has 1 aliphatic rings. The Balaban J connectivity index is 1.77. The first-order valence-electron chi connectivity index (χ1n) is 11.8. The van der Waals surface area contributed by atoms with Crippen LogP contribution in [0.15, 0.2) is 153 Å². The quantitative estimate of drug-likeness (QED) is 0.260. The Labute approximate surface area is 203 Å². The van der Waals surface area contributed by atoms with E-state index in [9.17, 15) is 0 Å². The van der Waals surface area contributed by atoms with Crippen molar-refractivity contribution in [3.8, 4) is 11.1 Å². The van der Waals surface area contributed by atoms with Crippen molar-refractivity contribution in [1.82, 2.24) is 0 Å². The van der Waals surface area contributed by atoms with Crippen LogP contribution in [0.2, 0.25) is 0 Å². The van der Waals surface area contributed by atoms with Gasteiger partial charge in [-0.25, -0.2) is 0 Å². The third-order valence-corrected chi connectivity index (χ3v) is 10.6. The molecule has 34 heavy (non-hydrogen) atoms. The van der Waals surface area contributed by atoms with Gasteiger partial charge in [-0.2, -0.15) is 0 Å². The average molecular weight is 458 g/mol. The standard InChI is InChI=1S/C32H27NS/c1-2-33-29-20-12-13-21-31(29)34(27-16-8-4-9-17-27,28-18-10-5-11-19-28)32-24-26(22-23-30(32)33)25-14-6-3-7-15-25/h3-24H,2H2,1H3. The van der Waals surface area contributed by atoms with E-state index in [1.165, 1.54) is 42.1 Å². The summed E-state index contributed by atoms with van der Waals surface area (Å²) in [7, 11) is -1.69. The van der Waals surface area contributed by atoms with Gasteiger partial charge in [0.1, 0.15) is 0 Å². The zero-order valence-electron chi connectivity index (χ0n) is 19.3. The minimum Gasteiger partial charge on any atom is -0.340 e. The summed E-state index contributed by atoms with van der Waals surface area (Å²) >= 11 is 0. The predicted octanol–water partition coefficient (Wildman–Crippen LogP) is 9.17. The predicted molar refractivity (Wildman–Crippen MR) is 145 cm³/mol. The Morgan fingerprint density at radius 2 is 1.03 bits per heavy atom. The van der Waals surface area contributed by atoms with Gasteiger partial charge in [0.25, 0.3) is 0 Å². The van der Waals surface area contributed by atoms with E-state index in [-0.39, 0.29) is 0 Å². The monoisotopic (exact) mass is 457 g/mol. The molecule has 0 saturated carbocycles. The highest BCUT2D eigenvalue weighted by molar-refractivity contribution is 8.34. The van der Waals surface area contributed by atoms with E-state index in [1.54, 1.807) is 0 Å². The van der Waals surface area contributed by atoms with Crippen molar-refractivity contribution >= 4 is 21.4 Å². The number of hydrogen-bond acceptors (Lipinski definition) is 1. The van der Waals surface area contributed by atoms with Gasteiger partial charge in [-0.15, -0.1) is 10.0 Å². The molecule has 0 spiro atoms. The number of hydrogen-bond donors (Lipinski definition) is 0. The van der Waals surface area contributed by atoms with Gasteiger partial charge in [-0.3, -0.25) is 0 Å². The molecule has 5 aromatic carbocycles. The number of benzene rings is 5. The molecule has 1 aliphatic heterocycles. The van der Waals surface area contributed by atoms with Crippen molar-refractivity contribution in [3.63, 3.8) is 0 Å². The van der Waals surface area contributed by atoms with Gasteiger partial charge < -0.3 is 4.90 Å². The highest BCUT2D eigenvalue weighted by Gasteiger charge is 2.41. The fourth-order valence-electron chi connectivity index (χ4n) is 5.21. The van der Waals surface area contributed by atoms with Gasteiger partial charge in [0.15, 0.2) is 0 Å². The molecule has 1 nitrogen and oxygen atoms in total. The lowest BCUT2D eigenvalue weighted by Gasteiger charge is -2.50. The van der Waals surface area contributed by atoms with Crippen LogP contribution in [0.5, 0.6) is 0 Å². The number of anilines is 2. The van der Waals surface area contributed by atoms with Gasteiger partial charge in [0.2, 0.25) is 0 Å². The van der Waals surface area contributed by atoms with Crippen molar-refractivity contribution in [1.29, 1.82) is 0 Å². The molecule has 2 heteroatoms. The number of nitrogens with zero attached hydrogens (tertiary/aromatic N) is 1. The van der Waals surface area contributed by atoms with E-state index in [1.807, 2.05) is 0 Å². The van der Waals surface area contributed by atoms with Gasteiger partial charge in [0.05, 0.1) is 11.4 Å². The van der Waals surface area contributed by atoms with Crippen LogP contribution in [0.4, 0.5) is 11.4 Å². The maximum absolute atomic E-state index is 2.48. The summed E-state index contributed by atoms with van der Waals surface area (Å²) in [6, 6.07) is 49.1. The Hall–Kier alpha value is -3.75. The summed E-state index contributed by atoms with van der Waals surface area (Å²) in [6.45, 7) is 3.17. The molecule has 0 aliphatic carbocycles. The van der Waals surface area contributed by atoms with Crippen molar-refractivity contribution in [2.75, 3.05) is 11.4 Å². The number of fused-ring (bicyclic) bond motifs is 2. The highest BCUT2D eigenvalue weighted by Crippen LogP contribution is 2.79. The first-order valence-corrected chi connectivity index (χ1v) is 13.5.